The first-order valence-corrected chi connectivity index (χ1v) is 7.73. The molecule has 0 aromatic carbocycles. The highest BCUT2D eigenvalue weighted by Crippen LogP contribution is 2.47. The molecule has 17 heavy (non-hydrogen) atoms. The van der Waals surface area contributed by atoms with Gasteiger partial charge in [-0.1, -0.05) is 0 Å². The fourth-order valence-electron chi connectivity index (χ4n) is 2.40. The van der Waals surface area contributed by atoms with Crippen molar-refractivity contribution in [1.82, 2.24) is 4.98 Å². The minimum absolute atomic E-state index is 0.00562. The smallest absolute Gasteiger partial charge is 0.201 e. The molecular weight excluding hydrogens is 240 g/mol. The summed E-state index contributed by atoms with van der Waals surface area (Å²) in [5.74, 6) is 1.17. The van der Waals surface area contributed by atoms with Gasteiger partial charge in [0.05, 0.1) is 22.6 Å². The van der Waals surface area contributed by atoms with Gasteiger partial charge in [-0.05, 0) is 19.3 Å². The fourth-order valence-corrected chi connectivity index (χ4v) is 4.16. The number of hydrogen-bond acceptors (Lipinski definition) is 5. The van der Waals surface area contributed by atoms with E-state index in [1.54, 1.807) is 6.26 Å². The second-order valence-corrected chi connectivity index (χ2v) is 7.39. The molecule has 5 nitrogen and oxygen atoms in total. The summed E-state index contributed by atoms with van der Waals surface area (Å²) in [7, 11) is -2.87. The van der Waals surface area contributed by atoms with Crippen LogP contribution in [0.3, 0.4) is 0 Å². The van der Waals surface area contributed by atoms with E-state index in [0.29, 0.717) is 18.9 Å². The molecule has 0 spiro atoms. The molecule has 2 fully saturated rings. The van der Waals surface area contributed by atoms with Crippen LogP contribution < -0.4 is 5.73 Å². The molecule has 1 aliphatic heterocycles. The number of aromatic nitrogens is 1. The van der Waals surface area contributed by atoms with E-state index in [1.807, 2.05) is 0 Å². The molecule has 0 amide bonds. The lowest BCUT2D eigenvalue weighted by molar-refractivity contribution is 0.437. The largest absolute Gasteiger partial charge is 0.448 e. The molecule has 1 unspecified atom stereocenters. The fraction of sp³-hybridized carbons (Fsp3) is 0.727. The lowest BCUT2D eigenvalue weighted by atomic mass is 10.1. The van der Waals surface area contributed by atoms with Crippen LogP contribution in [0.1, 0.15) is 36.8 Å². The Hall–Kier alpha value is -0.880. The van der Waals surface area contributed by atoms with Crippen LogP contribution in [0.2, 0.25) is 0 Å². The van der Waals surface area contributed by atoms with Crippen molar-refractivity contribution in [3.63, 3.8) is 0 Å². The minimum Gasteiger partial charge on any atom is -0.448 e. The van der Waals surface area contributed by atoms with E-state index < -0.39 is 9.84 Å². The maximum atomic E-state index is 11.4. The van der Waals surface area contributed by atoms with Crippen molar-refractivity contribution in [3.8, 4) is 0 Å². The molecular formula is C11H16N2O3S. The first kappa shape index (κ1) is 11.2. The SMILES string of the molecule is NCC1(c2nc(C3CCS(=O)(=O)C3)co2)CC1. The third kappa shape index (κ3) is 1.89. The Labute approximate surface area is 100 Å². The lowest BCUT2D eigenvalue weighted by Gasteiger charge is -2.05. The van der Waals surface area contributed by atoms with E-state index >= 15 is 0 Å². The van der Waals surface area contributed by atoms with E-state index in [0.717, 1.165) is 18.5 Å². The zero-order valence-corrected chi connectivity index (χ0v) is 10.4. The van der Waals surface area contributed by atoms with Crippen LogP contribution in [0.5, 0.6) is 0 Å². The summed E-state index contributed by atoms with van der Waals surface area (Å²) >= 11 is 0. The molecule has 1 aromatic rings. The van der Waals surface area contributed by atoms with Crippen molar-refractivity contribution < 1.29 is 12.8 Å². The standard InChI is InChI=1S/C11H16N2O3S/c12-7-11(2-3-11)10-13-9(5-16-10)8-1-4-17(14,15)6-8/h5,8H,1-4,6-7,12H2. The summed E-state index contributed by atoms with van der Waals surface area (Å²) < 4.78 is 28.3. The molecule has 2 aliphatic rings. The zero-order chi connectivity index (χ0) is 12.1. The van der Waals surface area contributed by atoms with Gasteiger partial charge in [-0.3, -0.25) is 0 Å². The monoisotopic (exact) mass is 256 g/mol. The Bertz CT molecular complexity index is 531. The van der Waals surface area contributed by atoms with Gasteiger partial charge in [0.25, 0.3) is 0 Å². The van der Waals surface area contributed by atoms with Crippen molar-refractivity contribution in [1.29, 1.82) is 0 Å². The molecule has 0 radical (unpaired) electrons. The second-order valence-electron chi connectivity index (χ2n) is 5.16. The Morgan fingerprint density at radius 1 is 1.53 bits per heavy atom. The molecule has 1 aromatic heterocycles. The maximum absolute atomic E-state index is 11.4. The third-order valence-corrected chi connectivity index (χ3v) is 5.64. The second kappa shape index (κ2) is 3.55. The molecule has 3 rings (SSSR count). The van der Waals surface area contributed by atoms with E-state index in [9.17, 15) is 8.42 Å². The van der Waals surface area contributed by atoms with E-state index in [-0.39, 0.29) is 22.8 Å². The Morgan fingerprint density at radius 2 is 2.29 bits per heavy atom. The van der Waals surface area contributed by atoms with Gasteiger partial charge in [-0.15, -0.1) is 0 Å². The van der Waals surface area contributed by atoms with Crippen LogP contribution in [0, 0.1) is 0 Å². The van der Waals surface area contributed by atoms with Gasteiger partial charge >= 0.3 is 0 Å². The average molecular weight is 256 g/mol. The molecule has 2 N–H and O–H groups in total. The summed E-state index contributed by atoms with van der Waals surface area (Å²) in [4.78, 5) is 4.45. The topological polar surface area (TPSA) is 86.2 Å². The summed E-state index contributed by atoms with van der Waals surface area (Å²) in [6, 6.07) is 0. The summed E-state index contributed by atoms with van der Waals surface area (Å²) in [6.07, 6.45) is 4.30. The number of rotatable bonds is 3. The molecule has 1 saturated heterocycles. The molecule has 1 saturated carbocycles. The van der Waals surface area contributed by atoms with Crippen LogP contribution in [0.4, 0.5) is 0 Å². The Balaban J connectivity index is 1.82. The van der Waals surface area contributed by atoms with Crippen molar-refractivity contribution in [2.75, 3.05) is 18.1 Å². The van der Waals surface area contributed by atoms with Crippen molar-refractivity contribution in [3.05, 3.63) is 17.8 Å². The van der Waals surface area contributed by atoms with E-state index in [2.05, 4.69) is 4.98 Å². The van der Waals surface area contributed by atoms with Gasteiger partial charge < -0.3 is 10.2 Å². The van der Waals surface area contributed by atoms with Gasteiger partial charge in [-0.25, -0.2) is 13.4 Å². The molecule has 94 valence electrons. The van der Waals surface area contributed by atoms with E-state index in [4.69, 9.17) is 10.2 Å². The molecule has 1 atom stereocenters. The number of oxazole rings is 1. The van der Waals surface area contributed by atoms with Crippen LogP contribution in [-0.2, 0) is 15.3 Å². The van der Waals surface area contributed by atoms with Crippen LogP contribution in [0.15, 0.2) is 10.7 Å². The predicted octanol–water partition coefficient (Wildman–Crippen LogP) is 0.567. The first-order chi connectivity index (χ1) is 8.05. The summed E-state index contributed by atoms with van der Waals surface area (Å²) in [5.41, 5.74) is 6.43. The Kier molecular flexibility index (Phi) is 2.35. The number of hydrogen-bond donors (Lipinski definition) is 1. The van der Waals surface area contributed by atoms with Crippen molar-refractivity contribution >= 4 is 9.84 Å². The van der Waals surface area contributed by atoms with Gasteiger partial charge in [0.1, 0.15) is 6.26 Å². The normalized spacial score (nSPS) is 29.4. The highest BCUT2D eigenvalue weighted by atomic mass is 32.2. The van der Waals surface area contributed by atoms with Gasteiger partial charge in [-0.2, -0.15) is 0 Å². The number of nitrogens with zero attached hydrogens (tertiary/aromatic N) is 1. The minimum atomic E-state index is -2.87. The van der Waals surface area contributed by atoms with E-state index in [1.165, 1.54) is 0 Å². The first-order valence-electron chi connectivity index (χ1n) is 5.91. The number of nitrogens with two attached hydrogens (primary N) is 1. The van der Waals surface area contributed by atoms with Crippen LogP contribution in [0.25, 0.3) is 0 Å². The predicted molar refractivity (Wildman–Crippen MR) is 62.5 cm³/mol. The lowest BCUT2D eigenvalue weighted by Crippen LogP contribution is -2.20. The van der Waals surface area contributed by atoms with Gasteiger partial charge in [0.15, 0.2) is 9.84 Å². The van der Waals surface area contributed by atoms with Crippen LogP contribution >= 0.6 is 0 Å². The number of sulfone groups is 1. The Morgan fingerprint density at radius 3 is 2.82 bits per heavy atom. The van der Waals surface area contributed by atoms with Gasteiger partial charge in [0.2, 0.25) is 5.89 Å². The van der Waals surface area contributed by atoms with Crippen molar-refractivity contribution in [2.45, 2.75) is 30.6 Å². The summed E-state index contributed by atoms with van der Waals surface area (Å²) in [6.45, 7) is 0.552. The summed E-state index contributed by atoms with van der Waals surface area (Å²) in [5, 5.41) is 0. The molecule has 6 heteroatoms. The quantitative estimate of drug-likeness (QED) is 0.854. The molecule has 2 heterocycles. The molecule has 1 aliphatic carbocycles. The zero-order valence-electron chi connectivity index (χ0n) is 9.55. The third-order valence-electron chi connectivity index (χ3n) is 3.87. The average Bonchev–Trinajstić information content (AvgIpc) is 2.77. The highest BCUT2D eigenvalue weighted by molar-refractivity contribution is 7.91. The van der Waals surface area contributed by atoms with Crippen molar-refractivity contribution in [2.24, 2.45) is 5.73 Å². The van der Waals surface area contributed by atoms with Gasteiger partial charge in [0, 0.05) is 12.5 Å². The maximum Gasteiger partial charge on any atom is 0.201 e. The van der Waals surface area contributed by atoms with Crippen LogP contribution in [-0.4, -0.2) is 31.5 Å². The molecule has 0 bridgehead atoms. The highest BCUT2D eigenvalue weighted by Gasteiger charge is 2.47.